The molecule has 2 rings (SSSR count). The zero-order valence-corrected chi connectivity index (χ0v) is 12.7. The highest BCUT2D eigenvalue weighted by molar-refractivity contribution is 5.64. The maximum Gasteiger partial charge on any atom is 0.126 e. The van der Waals surface area contributed by atoms with Crippen molar-refractivity contribution < 1.29 is 0 Å². The van der Waals surface area contributed by atoms with Crippen molar-refractivity contribution in [1.29, 1.82) is 5.26 Å². The third-order valence-electron chi connectivity index (χ3n) is 3.66. The van der Waals surface area contributed by atoms with Crippen LogP contribution in [-0.2, 0) is 5.41 Å². The number of rotatable bonds is 2. The van der Waals surface area contributed by atoms with Crippen molar-refractivity contribution in [2.24, 2.45) is 0 Å². The molecule has 3 nitrogen and oxygen atoms in total. The molecule has 0 atom stereocenters. The van der Waals surface area contributed by atoms with E-state index in [1.54, 1.807) is 0 Å². The summed E-state index contributed by atoms with van der Waals surface area (Å²) in [7, 11) is 0. The minimum absolute atomic E-state index is 0.467. The molecule has 3 heteroatoms. The molecule has 0 fully saturated rings. The number of nitrogens with zero attached hydrogens (tertiary/aromatic N) is 3. The van der Waals surface area contributed by atoms with Crippen molar-refractivity contribution in [2.45, 2.75) is 40.0 Å². The van der Waals surface area contributed by atoms with E-state index >= 15 is 0 Å². The lowest BCUT2D eigenvalue weighted by molar-refractivity contribution is 0.687. The lowest BCUT2D eigenvalue weighted by Crippen LogP contribution is -2.13. The second kappa shape index (κ2) is 5.05. The van der Waals surface area contributed by atoms with E-state index in [9.17, 15) is 5.26 Å². The van der Waals surface area contributed by atoms with E-state index < -0.39 is 5.41 Å². The Morgan fingerprint density at radius 2 is 1.60 bits per heavy atom. The molecule has 1 aromatic heterocycles. The standard InChI is InChI=1S/C17H19N3/c1-11-12(2)19-13(3)20-16(11)14-6-8-15(9-7-14)17(4,5)10-18/h6-9H,1-5H3. The third-order valence-corrected chi connectivity index (χ3v) is 3.66. The van der Waals surface area contributed by atoms with Gasteiger partial charge in [-0.05, 0) is 45.7 Å². The van der Waals surface area contributed by atoms with Crippen LogP contribution in [-0.4, -0.2) is 9.97 Å². The fraction of sp³-hybridized carbons (Fsp3) is 0.353. The van der Waals surface area contributed by atoms with Crippen molar-refractivity contribution in [3.05, 3.63) is 46.9 Å². The summed E-state index contributed by atoms with van der Waals surface area (Å²) in [5.41, 5.74) is 4.69. The molecule has 0 radical (unpaired) electrons. The number of aromatic nitrogens is 2. The van der Waals surface area contributed by atoms with Gasteiger partial charge in [0.2, 0.25) is 0 Å². The van der Waals surface area contributed by atoms with Gasteiger partial charge in [0.25, 0.3) is 0 Å². The monoisotopic (exact) mass is 265 g/mol. The molecule has 1 aromatic carbocycles. The molecule has 2 aromatic rings. The average molecular weight is 265 g/mol. The van der Waals surface area contributed by atoms with Gasteiger partial charge in [-0.15, -0.1) is 0 Å². The second-order valence-electron chi connectivity index (χ2n) is 5.64. The highest BCUT2D eigenvalue weighted by Crippen LogP contribution is 2.27. The molecule has 0 aliphatic heterocycles. The van der Waals surface area contributed by atoms with Crippen molar-refractivity contribution >= 4 is 0 Å². The van der Waals surface area contributed by atoms with Crippen LogP contribution in [0.2, 0.25) is 0 Å². The summed E-state index contributed by atoms with van der Waals surface area (Å²) in [6.07, 6.45) is 0. The average Bonchev–Trinajstić information content (AvgIpc) is 2.43. The van der Waals surface area contributed by atoms with Crippen LogP contribution in [0.25, 0.3) is 11.3 Å². The van der Waals surface area contributed by atoms with Crippen molar-refractivity contribution in [1.82, 2.24) is 9.97 Å². The van der Waals surface area contributed by atoms with E-state index in [4.69, 9.17) is 0 Å². The Labute approximate surface area is 120 Å². The van der Waals surface area contributed by atoms with Crippen LogP contribution in [0.5, 0.6) is 0 Å². The van der Waals surface area contributed by atoms with Gasteiger partial charge >= 0.3 is 0 Å². The van der Waals surface area contributed by atoms with Crippen LogP contribution in [0.3, 0.4) is 0 Å². The van der Waals surface area contributed by atoms with Gasteiger partial charge in [-0.3, -0.25) is 0 Å². The van der Waals surface area contributed by atoms with E-state index in [1.807, 2.05) is 58.9 Å². The van der Waals surface area contributed by atoms with Crippen LogP contribution < -0.4 is 0 Å². The first-order chi connectivity index (χ1) is 9.35. The second-order valence-corrected chi connectivity index (χ2v) is 5.64. The summed E-state index contributed by atoms with van der Waals surface area (Å²) in [5, 5.41) is 9.18. The third kappa shape index (κ3) is 2.55. The first kappa shape index (κ1) is 14.2. The van der Waals surface area contributed by atoms with Gasteiger partial charge in [0, 0.05) is 11.3 Å². The van der Waals surface area contributed by atoms with Crippen LogP contribution in [0.4, 0.5) is 0 Å². The van der Waals surface area contributed by atoms with Gasteiger partial charge in [-0.2, -0.15) is 5.26 Å². The number of hydrogen-bond donors (Lipinski definition) is 0. The summed E-state index contributed by atoms with van der Waals surface area (Å²) in [6, 6.07) is 10.4. The normalized spacial score (nSPS) is 11.2. The van der Waals surface area contributed by atoms with Gasteiger partial charge in [0.1, 0.15) is 5.82 Å². The van der Waals surface area contributed by atoms with E-state index in [-0.39, 0.29) is 0 Å². The van der Waals surface area contributed by atoms with Gasteiger partial charge in [0.05, 0.1) is 17.2 Å². The van der Waals surface area contributed by atoms with Gasteiger partial charge in [-0.25, -0.2) is 9.97 Å². The highest BCUT2D eigenvalue weighted by Gasteiger charge is 2.19. The summed E-state index contributed by atoms with van der Waals surface area (Å²) in [5.74, 6) is 0.782. The summed E-state index contributed by atoms with van der Waals surface area (Å²) >= 11 is 0. The zero-order chi connectivity index (χ0) is 14.9. The maximum atomic E-state index is 9.18. The largest absolute Gasteiger partial charge is 0.238 e. The maximum absolute atomic E-state index is 9.18. The molecule has 102 valence electrons. The van der Waals surface area contributed by atoms with Crippen molar-refractivity contribution in [3.8, 4) is 17.3 Å². The number of aryl methyl sites for hydroxylation is 2. The van der Waals surface area contributed by atoms with E-state index in [2.05, 4.69) is 16.0 Å². The fourth-order valence-corrected chi connectivity index (χ4v) is 2.16. The van der Waals surface area contributed by atoms with Gasteiger partial charge in [-0.1, -0.05) is 24.3 Å². The zero-order valence-electron chi connectivity index (χ0n) is 12.7. The molecule has 0 N–H and O–H groups in total. The predicted octanol–water partition coefficient (Wildman–Crippen LogP) is 3.87. The Morgan fingerprint density at radius 1 is 1.00 bits per heavy atom. The first-order valence-corrected chi connectivity index (χ1v) is 6.69. The molecular formula is C17H19N3. The van der Waals surface area contributed by atoms with E-state index in [1.165, 1.54) is 0 Å². The Bertz CT molecular complexity index is 677. The van der Waals surface area contributed by atoms with Crippen molar-refractivity contribution in [3.63, 3.8) is 0 Å². The molecule has 1 heterocycles. The number of benzene rings is 1. The molecule has 0 saturated heterocycles. The fourth-order valence-electron chi connectivity index (χ4n) is 2.16. The van der Waals surface area contributed by atoms with Crippen LogP contribution >= 0.6 is 0 Å². The molecule has 0 bridgehead atoms. The molecular weight excluding hydrogens is 246 g/mol. The quantitative estimate of drug-likeness (QED) is 0.828. The minimum Gasteiger partial charge on any atom is -0.238 e. The molecule has 0 saturated carbocycles. The Balaban J connectivity index is 2.49. The van der Waals surface area contributed by atoms with E-state index in [0.29, 0.717) is 0 Å². The highest BCUT2D eigenvalue weighted by atomic mass is 14.9. The lowest BCUT2D eigenvalue weighted by Gasteiger charge is -2.16. The lowest BCUT2D eigenvalue weighted by atomic mass is 9.86. The molecule has 0 aliphatic rings. The molecule has 0 aliphatic carbocycles. The van der Waals surface area contributed by atoms with Crippen LogP contribution in [0.15, 0.2) is 24.3 Å². The smallest absolute Gasteiger partial charge is 0.126 e. The predicted molar refractivity (Wildman–Crippen MR) is 80.3 cm³/mol. The molecule has 0 unspecified atom stereocenters. The Kier molecular flexibility index (Phi) is 3.59. The van der Waals surface area contributed by atoms with Gasteiger partial charge < -0.3 is 0 Å². The van der Waals surface area contributed by atoms with Crippen LogP contribution in [0.1, 0.15) is 36.5 Å². The molecule has 0 spiro atoms. The molecule has 0 amide bonds. The van der Waals surface area contributed by atoms with E-state index in [0.717, 1.165) is 33.9 Å². The first-order valence-electron chi connectivity index (χ1n) is 6.69. The molecule has 20 heavy (non-hydrogen) atoms. The summed E-state index contributed by atoms with van der Waals surface area (Å²) in [4.78, 5) is 8.91. The number of hydrogen-bond acceptors (Lipinski definition) is 3. The summed E-state index contributed by atoms with van der Waals surface area (Å²) in [6.45, 7) is 9.79. The Hall–Kier alpha value is -2.21. The van der Waals surface area contributed by atoms with Crippen molar-refractivity contribution in [2.75, 3.05) is 0 Å². The summed E-state index contributed by atoms with van der Waals surface area (Å²) < 4.78 is 0. The number of nitriles is 1. The van der Waals surface area contributed by atoms with Crippen LogP contribution in [0, 0.1) is 32.1 Å². The minimum atomic E-state index is -0.467. The topological polar surface area (TPSA) is 49.6 Å². The Morgan fingerprint density at radius 3 is 2.15 bits per heavy atom. The van der Waals surface area contributed by atoms with Gasteiger partial charge in [0.15, 0.2) is 0 Å². The SMILES string of the molecule is Cc1nc(C)c(C)c(-c2ccc(C(C)(C)C#N)cc2)n1.